The minimum atomic E-state index is -3.77. The fraction of sp³-hybridized carbons (Fsp3) is 0.571. The Morgan fingerprint density at radius 3 is 2.43 bits per heavy atom. The van der Waals surface area contributed by atoms with Crippen molar-refractivity contribution in [3.05, 3.63) is 29.8 Å². The van der Waals surface area contributed by atoms with Crippen molar-refractivity contribution in [1.82, 2.24) is 0 Å². The molecule has 2 rings (SSSR count). The molecule has 1 aromatic rings. The third kappa shape index (κ3) is 4.05. The predicted octanol–water partition coefficient (Wildman–Crippen LogP) is 1.91. The number of sulfone groups is 1. The quantitative estimate of drug-likeness (QED) is 0.787. The van der Waals surface area contributed by atoms with Crippen molar-refractivity contribution < 1.29 is 21.0 Å². The summed E-state index contributed by atoms with van der Waals surface area (Å²) in [5, 5.41) is -0.429. The van der Waals surface area contributed by atoms with Gasteiger partial charge in [-0.25, -0.2) is 8.42 Å². The van der Waals surface area contributed by atoms with E-state index in [0.29, 0.717) is 12.8 Å². The van der Waals surface area contributed by atoms with Gasteiger partial charge in [-0.3, -0.25) is 4.18 Å². The van der Waals surface area contributed by atoms with Crippen LogP contribution >= 0.6 is 0 Å². The Morgan fingerprint density at radius 2 is 1.86 bits per heavy atom. The molecule has 7 heteroatoms. The molecule has 0 bridgehead atoms. The van der Waals surface area contributed by atoms with Crippen LogP contribution in [-0.4, -0.2) is 34.4 Å². The van der Waals surface area contributed by atoms with E-state index in [9.17, 15) is 16.8 Å². The highest BCUT2D eigenvalue weighted by atomic mass is 32.2. The lowest BCUT2D eigenvalue weighted by atomic mass is 10.0. The van der Waals surface area contributed by atoms with E-state index in [1.54, 1.807) is 19.1 Å². The van der Waals surface area contributed by atoms with E-state index in [1.165, 1.54) is 12.1 Å². The van der Waals surface area contributed by atoms with Crippen LogP contribution in [0.2, 0.25) is 0 Å². The van der Waals surface area contributed by atoms with Crippen molar-refractivity contribution in [2.75, 3.05) is 12.4 Å². The maximum atomic E-state index is 12.1. The SMILES string of the molecule is Cc1ccc(S(=O)(=O)OCC2CCS(=O)(=O)C(C)C2)cc1. The van der Waals surface area contributed by atoms with Crippen LogP contribution in [0.1, 0.15) is 25.3 Å². The summed E-state index contributed by atoms with van der Waals surface area (Å²) in [5.41, 5.74) is 0.972. The summed E-state index contributed by atoms with van der Waals surface area (Å²) in [5.74, 6) is 0.0657. The highest BCUT2D eigenvalue weighted by molar-refractivity contribution is 7.92. The standard InChI is InChI=1S/C14H20O5S2/c1-11-3-5-14(6-4-11)21(17,18)19-10-13-7-8-20(15,16)12(2)9-13/h3-6,12-13H,7-10H2,1-2H3. The smallest absolute Gasteiger partial charge is 0.266 e. The zero-order chi connectivity index (χ0) is 15.7. The molecule has 0 radical (unpaired) electrons. The van der Waals surface area contributed by atoms with Gasteiger partial charge in [0.05, 0.1) is 22.5 Å². The second-order valence-electron chi connectivity index (χ2n) is 5.62. The van der Waals surface area contributed by atoms with Crippen LogP contribution in [-0.2, 0) is 24.1 Å². The number of hydrogen-bond donors (Lipinski definition) is 0. The zero-order valence-corrected chi connectivity index (χ0v) is 13.8. The molecule has 0 aromatic heterocycles. The Bertz CT molecular complexity index is 689. The van der Waals surface area contributed by atoms with Crippen LogP contribution in [0.25, 0.3) is 0 Å². The lowest BCUT2D eigenvalue weighted by Gasteiger charge is -2.26. The molecule has 118 valence electrons. The molecule has 0 saturated carbocycles. The summed E-state index contributed by atoms with van der Waals surface area (Å²) < 4.78 is 52.4. The average Bonchev–Trinajstić information content (AvgIpc) is 2.41. The van der Waals surface area contributed by atoms with Gasteiger partial charge in [0, 0.05) is 0 Å². The molecule has 2 unspecified atom stereocenters. The van der Waals surface area contributed by atoms with Gasteiger partial charge in [-0.15, -0.1) is 0 Å². The number of benzene rings is 1. The van der Waals surface area contributed by atoms with Gasteiger partial charge in [0.25, 0.3) is 10.1 Å². The molecule has 0 aliphatic carbocycles. The highest BCUT2D eigenvalue weighted by Crippen LogP contribution is 2.26. The number of hydrogen-bond acceptors (Lipinski definition) is 5. The van der Waals surface area contributed by atoms with Crippen LogP contribution < -0.4 is 0 Å². The van der Waals surface area contributed by atoms with Crippen LogP contribution in [0.5, 0.6) is 0 Å². The van der Waals surface area contributed by atoms with Gasteiger partial charge in [0.1, 0.15) is 0 Å². The van der Waals surface area contributed by atoms with E-state index >= 15 is 0 Å². The van der Waals surface area contributed by atoms with Crippen molar-refractivity contribution in [2.24, 2.45) is 5.92 Å². The van der Waals surface area contributed by atoms with Gasteiger partial charge in [-0.1, -0.05) is 17.7 Å². The molecule has 0 amide bonds. The molecule has 1 aromatic carbocycles. The Morgan fingerprint density at radius 1 is 1.24 bits per heavy atom. The van der Waals surface area contributed by atoms with Crippen molar-refractivity contribution >= 4 is 20.0 Å². The van der Waals surface area contributed by atoms with Gasteiger partial charge in [-0.2, -0.15) is 8.42 Å². The minimum absolute atomic E-state index is 0.0378. The van der Waals surface area contributed by atoms with Crippen molar-refractivity contribution in [1.29, 1.82) is 0 Å². The van der Waals surface area contributed by atoms with Gasteiger partial charge in [0.2, 0.25) is 0 Å². The van der Waals surface area contributed by atoms with Crippen molar-refractivity contribution in [2.45, 2.75) is 36.8 Å². The number of aryl methyl sites for hydroxylation is 1. The third-order valence-corrected chi connectivity index (χ3v) is 7.38. The Balaban J connectivity index is 1.98. The third-order valence-electron chi connectivity index (χ3n) is 3.86. The van der Waals surface area contributed by atoms with Crippen molar-refractivity contribution in [3.8, 4) is 0 Å². The average molecular weight is 332 g/mol. The normalized spacial score (nSPS) is 25.6. The largest absolute Gasteiger partial charge is 0.296 e. The lowest BCUT2D eigenvalue weighted by Crippen LogP contribution is -2.33. The Labute approximate surface area is 126 Å². The van der Waals surface area contributed by atoms with E-state index in [2.05, 4.69) is 0 Å². The maximum absolute atomic E-state index is 12.1. The predicted molar refractivity (Wildman–Crippen MR) is 80.3 cm³/mol. The van der Waals surface area contributed by atoms with Crippen LogP contribution in [0.4, 0.5) is 0 Å². The van der Waals surface area contributed by atoms with Gasteiger partial charge >= 0.3 is 0 Å². The molecule has 21 heavy (non-hydrogen) atoms. The fourth-order valence-electron chi connectivity index (χ4n) is 2.38. The molecular weight excluding hydrogens is 312 g/mol. The first-order valence-corrected chi connectivity index (χ1v) is 10.0. The fourth-order valence-corrected chi connectivity index (χ4v) is 4.98. The van der Waals surface area contributed by atoms with E-state index in [-0.39, 0.29) is 23.2 Å². The van der Waals surface area contributed by atoms with E-state index in [1.807, 2.05) is 6.92 Å². The molecule has 5 nitrogen and oxygen atoms in total. The minimum Gasteiger partial charge on any atom is -0.266 e. The van der Waals surface area contributed by atoms with E-state index in [0.717, 1.165) is 5.56 Å². The Hall–Kier alpha value is -0.920. The lowest BCUT2D eigenvalue weighted by molar-refractivity contribution is 0.236. The van der Waals surface area contributed by atoms with Gasteiger partial charge in [-0.05, 0) is 44.7 Å². The topological polar surface area (TPSA) is 77.5 Å². The summed E-state index contributed by atoms with van der Waals surface area (Å²) in [6, 6.07) is 6.45. The van der Waals surface area contributed by atoms with Crippen molar-refractivity contribution in [3.63, 3.8) is 0 Å². The zero-order valence-electron chi connectivity index (χ0n) is 12.2. The molecule has 0 spiro atoms. The summed E-state index contributed by atoms with van der Waals surface area (Å²) in [6.45, 7) is 3.58. The van der Waals surface area contributed by atoms with Gasteiger partial charge < -0.3 is 0 Å². The summed E-state index contributed by atoms with van der Waals surface area (Å²) in [4.78, 5) is 0.129. The molecular formula is C14H20O5S2. The highest BCUT2D eigenvalue weighted by Gasteiger charge is 2.31. The first kappa shape index (κ1) is 16.5. The molecule has 1 fully saturated rings. The van der Waals surface area contributed by atoms with Crippen LogP contribution in [0.15, 0.2) is 29.2 Å². The summed E-state index contributed by atoms with van der Waals surface area (Å²) >= 11 is 0. The molecule has 1 aliphatic rings. The molecule has 1 heterocycles. The first-order valence-electron chi connectivity index (χ1n) is 6.88. The molecule has 0 N–H and O–H groups in total. The molecule has 1 aliphatic heterocycles. The molecule has 2 atom stereocenters. The van der Waals surface area contributed by atoms with E-state index in [4.69, 9.17) is 4.18 Å². The Kier molecular flexibility index (Phi) is 4.75. The van der Waals surface area contributed by atoms with Crippen LogP contribution in [0, 0.1) is 12.8 Å². The van der Waals surface area contributed by atoms with Gasteiger partial charge in [0.15, 0.2) is 9.84 Å². The monoisotopic (exact) mass is 332 g/mol. The van der Waals surface area contributed by atoms with E-state index < -0.39 is 25.2 Å². The second-order valence-corrected chi connectivity index (χ2v) is 9.77. The first-order chi connectivity index (χ1) is 9.71. The maximum Gasteiger partial charge on any atom is 0.296 e. The second kappa shape index (κ2) is 6.06. The number of rotatable bonds is 4. The van der Waals surface area contributed by atoms with Crippen LogP contribution in [0.3, 0.4) is 0 Å². The summed E-state index contributed by atoms with van der Waals surface area (Å²) in [7, 11) is -6.78. The molecule has 1 saturated heterocycles. The summed E-state index contributed by atoms with van der Waals surface area (Å²) in [6.07, 6.45) is 0.905.